The lowest BCUT2D eigenvalue weighted by molar-refractivity contribution is -0.143. The number of carbonyl (C=O) groups is 2. The first-order valence-electron chi connectivity index (χ1n) is 8.37. The fraction of sp³-hybridized carbons (Fsp3) is 0.200. The number of nitrogens with one attached hydrogen (secondary N) is 2. The van der Waals surface area contributed by atoms with Gasteiger partial charge >= 0.3 is 5.97 Å². The topological polar surface area (TPSA) is 71.2 Å². The van der Waals surface area contributed by atoms with Crippen molar-refractivity contribution in [2.75, 3.05) is 6.61 Å². The van der Waals surface area contributed by atoms with Crippen molar-refractivity contribution in [1.82, 2.24) is 10.3 Å². The van der Waals surface area contributed by atoms with E-state index < -0.39 is 23.7 Å². The summed E-state index contributed by atoms with van der Waals surface area (Å²) in [5.74, 6) is -1.22. The Morgan fingerprint density at radius 2 is 1.92 bits per heavy atom. The van der Waals surface area contributed by atoms with Crippen LogP contribution in [0.5, 0.6) is 0 Å². The lowest BCUT2D eigenvalue weighted by Crippen LogP contribution is -2.30. The van der Waals surface area contributed by atoms with Crippen molar-refractivity contribution in [2.24, 2.45) is 0 Å². The van der Waals surface area contributed by atoms with Gasteiger partial charge < -0.3 is 15.0 Å². The lowest BCUT2D eigenvalue weighted by Gasteiger charge is -2.18. The first-order chi connectivity index (χ1) is 12.6. The van der Waals surface area contributed by atoms with Crippen LogP contribution in [0.4, 0.5) is 4.39 Å². The number of carbonyl (C=O) groups excluding carboxylic acids is 2. The number of ether oxygens (including phenoxy) is 1. The monoisotopic (exact) mass is 354 g/mol. The number of aromatic nitrogens is 1. The molecule has 26 heavy (non-hydrogen) atoms. The van der Waals surface area contributed by atoms with E-state index in [1.54, 1.807) is 19.1 Å². The Morgan fingerprint density at radius 3 is 2.62 bits per heavy atom. The number of halogens is 1. The highest BCUT2D eigenvalue weighted by atomic mass is 19.1. The van der Waals surface area contributed by atoms with Gasteiger partial charge in [0, 0.05) is 10.9 Å². The van der Waals surface area contributed by atoms with Crippen LogP contribution in [0.3, 0.4) is 0 Å². The molecule has 1 atom stereocenters. The number of hydrogen-bond donors (Lipinski definition) is 2. The van der Waals surface area contributed by atoms with Crippen LogP contribution in [0, 0.1) is 5.82 Å². The van der Waals surface area contributed by atoms with Crippen molar-refractivity contribution in [3.8, 4) is 0 Å². The first-order valence-corrected chi connectivity index (χ1v) is 8.37. The molecule has 0 fully saturated rings. The fourth-order valence-electron chi connectivity index (χ4n) is 2.80. The van der Waals surface area contributed by atoms with Crippen LogP contribution >= 0.6 is 0 Å². The molecule has 0 radical (unpaired) electrons. The molecule has 1 heterocycles. The third-order valence-electron chi connectivity index (χ3n) is 4.04. The maximum atomic E-state index is 13.8. The Kier molecular flexibility index (Phi) is 5.31. The summed E-state index contributed by atoms with van der Waals surface area (Å²) >= 11 is 0. The van der Waals surface area contributed by atoms with Crippen LogP contribution in [0.2, 0.25) is 0 Å². The smallest absolute Gasteiger partial charge is 0.308 e. The molecule has 3 aromatic rings. The van der Waals surface area contributed by atoms with Gasteiger partial charge in [0.2, 0.25) is 0 Å². The highest BCUT2D eigenvalue weighted by Crippen LogP contribution is 2.21. The Morgan fingerprint density at radius 1 is 1.15 bits per heavy atom. The normalized spacial score (nSPS) is 11.9. The Labute approximate surface area is 150 Å². The molecular formula is C20H19FN2O3. The van der Waals surface area contributed by atoms with E-state index in [1.807, 2.05) is 30.3 Å². The number of amides is 1. The van der Waals surface area contributed by atoms with Crippen molar-refractivity contribution in [3.63, 3.8) is 0 Å². The predicted molar refractivity (Wildman–Crippen MR) is 96.2 cm³/mol. The second kappa shape index (κ2) is 7.82. The third-order valence-corrected chi connectivity index (χ3v) is 4.04. The zero-order chi connectivity index (χ0) is 18.5. The van der Waals surface area contributed by atoms with Crippen molar-refractivity contribution in [1.29, 1.82) is 0 Å². The highest BCUT2D eigenvalue weighted by Gasteiger charge is 2.21. The SMILES string of the molecule is CCOC(=O)CC(NC(=O)c1cc2c(F)cccc2[nH]1)c1ccccc1. The molecule has 0 saturated carbocycles. The van der Waals surface area contributed by atoms with Gasteiger partial charge in [-0.15, -0.1) is 0 Å². The van der Waals surface area contributed by atoms with Crippen LogP contribution in [0.1, 0.15) is 35.4 Å². The molecule has 0 aliphatic heterocycles. The highest BCUT2D eigenvalue weighted by molar-refractivity contribution is 5.98. The van der Waals surface area contributed by atoms with Crippen molar-refractivity contribution >= 4 is 22.8 Å². The van der Waals surface area contributed by atoms with Gasteiger partial charge in [0.05, 0.1) is 19.1 Å². The van der Waals surface area contributed by atoms with Crippen molar-refractivity contribution in [2.45, 2.75) is 19.4 Å². The number of hydrogen-bond acceptors (Lipinski definition) is 3. The quantitative estimate of drug-likeness (QED) is 0.663. The van der Waals surface area contributed by atoms with Crippen molar-refractivity contribution in [3.05, 3.63) is 71.7 Å². The predicted octanol–water partition coefficient (Wildman–Crippen LogP) is 3.73. The van der Waals surface area contributed by atoms with Crippen molar-refractivity contribution < 1.29 is 18.7 Å². The average molecular weight is 354 g/mol. The fourth-order valence-corrected chi connectivity index (χ4v) is 2.80. The van der Waals surface area contributed by atoms with E-state index in [2.05, 4.69) is 10.3 Å². The zero-order valence-corrected chi connectivity index (χ0v) is 14.3. The second-order valence-electron chi connectivity index (χ2n) is 5.83. The summed E-state index contributed by atoms with van der Waals surface area (Å²) in [7, 11) is 0. The molecule has 0 aliphatic carbocycles. The molecule has 2 N–H and O–H groups in total. The van der Waals surface area contributed by atoms with Gasteiger partial charge in [-0.2, -0.15) is 0 Å². The van der Waals surface area contributed by atoms with E-state index in [0.29, 0.717) is 10.9 Å². The molecular weight excluding hydrogens is 335 g/mol. The minimum Gasteiger partial charge on any atom is -0.466 e. The summed E-state index contributed by atoms with van der Waals surface area (Å²) in [4.78, 5) is 27.4. The van der Waals surface area contributed by atoms with Crippen LogP contribution in [-0.4, -0.2) is 23.5 Å². The van der Waals surface area contributed by atoms with E-state index in [4.69, 9.17) is 4.74 Å². The van der Waals surface area contributed by atoms with E-state index in [1.165, 1.54) is 12.1 Å². The van der Waals surface area contributed by atoms with Crippen LogP contribution in [0.25, 0.3) is 10.9 Å². The van der Waals surface area contributed by atoms with Gasteiger partial charge in [-0.1, -0.05) is 36.4 Å². The van der Waals surface area contributed by atoms with Gasteiger partial charge in [-0.05, 0) is 30.7 Å². The molecule has 3 rings (SSSR count). The summed E-state index contributed by atoms with van der Waals surface area (Å²) in [6.07, 6.45) is 0.0121. The molecule has 0 saturated heterocycles. The summed E-state index contributed by atoms with van der Waals surface area (Å²) in [5, 5.41) is 3.17. The summed E-state index contributed by atoms with van der Waals surface area (Å²) in [5.41, 5.74) is 1.56. The molecule has 6 heteroatoms. The molecule has 0 bridgehead atoms. The number of fused-ring (bicyclic) bond motifs is 1. The molecule has 1 amide bonds. The lowest BCUT2D eigenvalue weighted by atomic mass is 10.0. The molecule has 134 valence electrons. The standard InChI is InChI=1S/C20H19FN2O3/c1-2-26-19(24)12-17(13-7-4-3-5-8-13)23-20(25)18-11-14-15(21)9-6-10-16(14)22-18/h3-11,17,22H,2,12H2,1H3,(H,23,25). The molecule has 2 aromatic carbocycles. The number of benzene rings is 2. The van der Waals surface area contributed by atoms with E-state index in [9.17, 15) is 14.0 Å². The maximum absolute atomic E-state index is 13.8. The third kappa shape index (κ3) is 3.91. The van der Waals surface area contributed by atoms with Crippen LogP contribution in [-0.2, 0) is 9.53 Å². The van der Waals surface area contributed by atoms with E-state index in [0.717, 1.165) is 5.56 Å². The van der Waals surface area contributed by atoms with Crippen LogP contribution in [0.15, 0.2) is 54.6 Å². The second-order valence-corrected chi connectivity index (χ2v) is 5.83. The first kappa shape index (κ1) is 17.7. The largest absolute Gasteiger partial charge is 0.466 e. The minimum atomic E-state index is -0.543. The Hall–Kier alpha value is -3.15. The average Bonchev–Trinajstić information content (AvgIpc) is 3.08. The molecule has 1 unspecified atom stereocenters. The van der Waals surface area contributed by atoms with Gasteiger partial charge in [0.15, 0.2) is 0 Å². The maximum Gasteiger partial charge on any atom is 0.308 e. The van der Waals surface area contributed by atoms with Crippen LogP contribution < -0.4 is 5.32 Å². The Balaban J connectivity index is 1.83. The zero-order valence-electron chi connectivity index (χ0n) is 14.3. The number of rotatable bonds is 6. The molecule has 0 spiro atoms. The van der Waals surface area contributed by atoms with Gasteiger partial charge in [0.1, 0.15) is 11.5 Å². The summed E-state index contributed by atoms with van der Waals surface area (Å²) < 4.78 is 18.8. The van der Waals surface area contributed by atoms with E-state index >= 15 is 0 Å². The molecule has 5 nitrogen and oxygen atoms in total. The number of esters is 1. The van der Waals surface area contributed by atoms with Gasteiger partial charge in [-0.25, -0.2) is 4.39 Å². The van der Waals surface area contributed by atoms with E-state index in [-0.39, 0.29) is 18.7 Å². The van der Waals surface area contributed by atoms with Gasteiger partial charge in [-0.3, -0.25) is 9.59 Å². The summed E-state index contributed by atoms with van der Waals surface area (Å²) in [6.45, 7) is 2.00. The number of H-pyrrole nitrogens is 1. The molecule has 0 aliphatic rings. The number of aromatic amines is 1. The van der Waals surface area contributed by atoms with Gasteiger partial charge in [0.25, 0.3) is 5.91 Å². The molecule has 1 aromatic heterocycles. The Bertz CT molecular complexity index is 921. The summed E-state index contributed by atoms with van der Waals surface area (Å²) in [6, 6.07) is 14.7. The minimum absolute atomic E-state index is 0.0121.